The van der Waals surface area contributed by atoms with Crippen LogP contribution in [0.3, 0.4) is 0 Å². The number of nitrogens with two attached hydrogens (primary N) is 1. The first-order chi connectivity index (χ1) is 6.69. The van der Waals surface area contributed by atoms with Gasteiger partial charge in [-0.1, -0.05) is 12.1 Å². The molecule has 0 heterocycles. The minimum Gasteiger partial charge on any atom is -0.465 e. The maximum atomic E-state index is 11.1. The fraction of sp³-hybridized carbons (Fsp3) is 0.222. The van der Waals surface area contributed by atoms with Gasteiger partial charge in [-0.25, -0.2) is 4.79 Å². The van der Waals surface area contributed by atoms with Crippen molar-refractivity contribution in [1.82, 2.24) is 5.48 Å². The zero-order chi connectivity index (χ0) is 10.6. The molecule has 0 aromatic heterocycles. The molecule has 0 aliphatic carbocycles. The fourth-order valence-electron chi connectivity index (χ4n) is 1.05. The van der Waals surface area contributed by atoms with Crippen molar-refractivity contribution in [3.05, 3.63) is 35.4 Å². The highest BCUT2D eigenvalue weighted by atomic mass is 16.5. The number of hydrogen-bond donors (Lipinski definition) is 3. The molecule has 1 atom stereocenters. The monoisotopic (exact) mass is 196 g/mol. The lowest BCUT2D eigenvalue weighted by atomic mass is 10.1. The minimum absolute atomic E-state index is 0.399. The summed E-state index contributed by atoms with van der Waals surface area (Å²) in [5, 5.41) is 8.58. The Morgan fingerprint density at radius 2 is 2.36 bits per heavy atom. The molecule has 1 rings (SSSR count). The molecule has 1 aromatic carbocycles. The average Bonchev–Trinajstić information content (AvgIpc) is 2.27. The third-order valence-electron chi connectivity index (χ3n) is 1.81. The summed E-state index contributed by atoms with van der Waals surface area (Å²) in [4.78, 5) is 11.1. The van der Waals surface area contributed by atoms with Crippen molar-refractivity contribution in [3.8, 4) is 0 Å². The lowest BCUT2D eigenvalue weighted by molar-refractivity contribution is 0.0600. The van der Waals surface area contributed by atoms with E-state index in [1.165, 1.54) is 7.11 Å². The van der Waals surface area contributed by atoms with Gasteiger partial charge in [-0.05, 0) is 17.7 Å². The number of carbonyl (C=O) groups is 1. The van der Waals surface area contributed by atoms with E-state index >= 15 is 0 Å². The third kappa shape index (κ3) is 2.29. The lowest BCUT2D eigenvalue weighted by Crippen LogP contribution is -2.25. The Morgan fingerprint density at radius 3 is 2.93 bits per heavy atom. The first kappa shape index (κ1) is 10.6. The van der Waals surface area contributed by atoms with E-state index in [1.807, 2.05) is 5.48 Å². The molecule has 1 unspecified atom stereocenters. The summed E-state index contributed by atoms with van der Waals surface area (Å²) in [6.45, 7) is 0. The van der Waals surface area contributed by atoms with Gasteiger partial charge in [0.05, 0.1) is 12.7 Å². The Morgan fingerprint density at radius 1 is 1.64 bits per heavy atom. The first-order valence-corrected chi connectivity index (χ1v) is 4.02. The number of hydroxylamine groups is 1. The first-order valence-electron chi connectivity index (χ1n) is 4.02. The van der Waals surface area contributed by atoms with Crippen molar-refractivity contribution in [2.75, 3.05) is 7.11 Å². The molecular weight excluding hydrogens is 184 g/mol. The Kier molecular flexibility index (Phi) is 3.58. The van der Waals surface area contributed by atoms with E-state index in [1.54, 1.807) is 24.3 Å². The zero-order valence-corrected chi connectivity index (χ0v) is 7.73. The van der Waals surface area contributed by atoms with Crippen LogP contribution in [0.1, 0.15) is 22.1 Å². The second kappa shape index (κ2) is 4.71. The van der Waals surface area contributed by atoms with Crippen LogP contribution in [0.4, 0.5) is 0 Å². The van der Waals surface area contributed by atoms with Crippen molar-refractivity contribution in [2.24, 2.45) is 5.73 Å². The summed E-state index contributed by atoms with van der Waals surface area (Å²) in [6.07, 6.45) is -0.709. The van der Waals surface area contributed by atoms with Crippen LogP contribution in [0.25, 0.3) is 0 Å². The molecule has 14 heavy (non-hydrogen) atoms. The standard InChI is InChI=1S/C9H12N2O3/c1-14-9(12)7-4-2-3-6(5-7)8(10)11-13/h2-5,8,11,13H,10H2,1H3. The van der Waals surface area contributed by atoms with Crippen molar-refractivity contribution in [2.45, 2.75) is 6.17 Å². The maximum absolute atomic E-state index is 11.1. The normalized spacial score (nSPS) is 12.2. The molecule has 0 saturated carbocycles. The molecule has 5 nitrogen and oxygen atoms in total. The summed E-state index contributed by atoms with van der Waals surface area (Å²) in [5.74, 6) is -0.433. The third-order valence-corrected chi connectivity index (χ3v) is 1.81. The number of methoxy groups -OCH3 is 1. The molecule has 0 aliphatic heterocycles. The molecule has 0 aliphatic rings. The van der Waals surface area contributed by atoms with Gasteiger partial charge in [0.15, 0.2) is 0 Å². The largest absolute Gasteiger partial charge is 0.465 e. The zero-order valence-electron chi connectivity index (χ0n) is 7.73. The fourth-order valence-corrected chi connectivity index (χ4v) is 1.05. The highest BCUT2D eigenvalue weighted by Gasteiger charge is 2.08. The molecule has 0 bridgehead atoms. The van der Waals surface area contributed by atoms with Gasteiger partial charge in [0.1, 0.15) is 6.17 Å². The van der Waals surface area contributed by atoms with Crippen LogP contribution in [-0.2, 0) is 4.74 Å². The average molecular weight is 196 g/mol. The maximum Gasteiger partial charge on any atom is 0.337 e. The Bertz CT molecular complexity index is 328. The number of benzene rings is 1. The Labute approximate surface area is 81.4 Å². The SMILES string of the molecule is COC(=O)c1cccc(C(N)NO)c1. The number of ether oxygens (including phenoxy) is 1. The quantitative estimate of drug-likeness (QED) is 0.370. The molecular formula is C9H12N2O3. The molecule has 0 spiro atoms. The lowest BCUT2D eigenvalue weighted by Gasteiger charge is -2.09. The highest BCUT2D eigenvalue weighted by Crippen LogP contribution is 2.10. The van der Waals surface area contributed by atoms with Crippen LogP contribution in [-0.4, -0.2) is 18.3 Å². The minimum atomic E-state index is -0.709. The van der Waals surface area contributed by atoms with Crippen LogP contribution in [0.5, 0.6) is 0 Å². The van der Waals surface area contributed by atoms with Crippen LogP contribution in [0.2, 0.25) is 0 Å². The predicted molar refractivity (Wildman–Crippen MR) is 49.6 cm³/mol. The van der Waals surface area contributed by atoms with E-state index in [2.05, 4.69) is 4.74 Å². The number of esters is 1. The number of nitrogens with one attached hydrogen (secondary N) is 1. The van der Waals surface area contributed by atoms with Gasteiger partial charge in [0.25, 0.3) is 0 Å². The van der Waals surface area contributed by atoms with E-state index in [0.29, 0.717) is 11.1 Å². The number of hydrogen-bond acceptors (Lipinski definition) is 5. The van der Waals surface area contributed by atoms with Crippen molar-refractivity contribution < 1.29 is 14.7 Å². The molecule has 0 amide bonds. The number of rotatable bonds is 3. The summed E-state index contributed by atoms with van der Waals surface area (Å²) in [6, 6.07) is 6.53. The van der Waals surface area contributed by atoms with Crippen LogP contribution in [0, 0.1) is 0 Å². The van der Waals surface area contributed by atoms with Gasteiger partial charge >= 0.3 is 5.97 Å². The molecule has 5 heteroatoms. The van der Waals surface area contributed by atoms with Gasteiger partial charge in [-0.2, -0.15) is 5.48 Å². The van der Waals surface area contributed by atoms with Crippen LogP contribution in [0.15, 0.2) is 24.3 Å². The molecule has 0 radical (unpaired) electrons. The van der Waals surface area contributed by atoms with E-state index in [4.69, 9.17) is 10.9 Å². The predicted octanol–water partition coefficient (Wildman–Crippen LogP) is 0.409. The summed E-state index contributed by atoms with van der Waals surface area (Å²) >= 11 is 0. The number of carbonyl (C=O) groups excluding carboxylic acids is 1. The van der Waals surface area contributed by atoms with Crippen LogP contribution < -0.4 is 11.2 Å². The Balaban J connectivity index is 2.95. The van der Waals surface area contributed by atoms with Crippen LogP contribution >= 0.6 is 0 Å². The second-order valence-corrected chi connectivity index (χ2v) is 2.72. The van der Waals surface area contributed by atoms with Crippen molar-refractivity contribution in [1.29, 1.82) is 0 Å². The molecule has 76 valence electrons. The summed E-state index contributed by atoms with van der Waals surface area (Å²) in [5.41, 5.74) is 8.39. The van der Waals surface area contributed by atoms with Crippen molar-refractivity contribution >= 4 is 5.97 Å². The van der Waals surface area contributed by atoms with Gasteiger partial charge in [0.2, 0.25) is 0 Å². The topological polar surface area (TPSA) is 84.6 Å². The molecule has 1 aromatic rings. The van der Waals surface area contributed by atoms with E-state index in [0.717, 1.165) is 0 Å². The van der Waals surface area contributed by atoms with Crippen molar-refractivity contribution in [3.63, 3.8) is 0 Å². The molecule has 0 fully saturated rings. The van der Waals surface area contributed by atoms with E-state index < -0.39 is 12.1 Å². The summed E-state index contributed by atoms with van der Waals surface area (Å²) in [7, 11) is 1.30. The summed E-state index contributed by atoms with van der Waals surface area (Å²) < 4.78 is 4.54. The van der Waals surface area contributed by atoms with E-state index in [-0.39, 0.29) is 0 Å². The Hall–Kier alpha value is -1.43. The van der Waals surface area contributed by atoms with Gasteiger partial charge in [-0.3, -0.25) is 0 Å². The highest BCUT2D eigenvalue weighted by molar-refractivity contribution is 5.89. The molecule has 4 N–H and O–H groups in total. The molecule has 0 saturated heterocycles. The van der Waals surface area contributed by atoms with Gasteiger partial charge < -0.3 is 15.7 Å². The second-order valence-electron chi connectivity index (χ2n) is 2.72. The smallest absolute Gasteiger partial charge is 0.337 e. The van der Waals surface area contributed by atoms with E-state index in [9.17, 15) is 4.79 Å². The van der Waals surface area contributed by atoms with Gasteiger partial charge in [-0.15, -0.1) is 0 Å². The van der Waals surface area contributed by atoms with Gasteiger partial charge in [0, 0.05) is 0 Å².